The van der Waals surface area contributed by atoms with E-state index >= 15 is 0 Å². The lowest BCUT2D eigenvalue weighted by Gasteiger charge is -2.27. The van der Waals surface area contributed by atoms with E-state index in [1.54, 1.807) is 13.8 Å². The van der Waals surface area contributed by atoms with Gasteiger partial charge in [0.2, 0.25) is 11.7 Å². The molecular formula is C19H21N5O3S. The number of oxazole rings is 1. The van der Waals surface area contributed by atoms with Crippen molar-refractivity contribution in [2.45, 2.75) is 19.0 Å². The van der Waals surface area contributed by atoms with Crippen molar-refractivity contribution in [2.24, 2.45) is 0 Å². The molecule has 0 unspecified atom stereocenters. The Morgan fingerprint density at radius 3 is 2.57 bits per heavy atom. The van der Waals surface area contributed by atoms with Gasteiger partial charge in [-0.25, -0.2) is 4.98 Å². The minimum atomic E-state index is -0.112. The fourth-order valence-electron chi connectivity index (χ4n) is 3.11. The molecule has 0 saturated carbocycles. The normalized spacial score (nSPS) is 14.4. The standard InChI is InChI=1S/C19H21N5O3S/c1-13-17(27-14(2)20-13)16(25)12-28-19-22-21-18(23-8-10-26-11-9-23)24(19)15-6-4-3-5-7-15/h3-7H,8-12H2,1-2H3. The second-order valence-corrected chi connectivity index (χ2v) is 7.35. The van der Waals surface area contributed by atoms with Gasteiger partial charge in [-0.05, 0) is 19.1 Å². The van der Waals surface area contributed by atoms with Crippen LogP contribution >= 0.6 is 11.8 Å². The molecule has 1 fully saturated rings. The summed E-state index contributed by atoms with van der Waals surface area (Å²) in [6, 6.07) is 9.91. The predicted molar refractivity (Wildman–Crippen MR) is 105 cm³/mol. The van der Waals surface area contributed by atoms with Crippen LogP contribution in [0.5, 0.6) is 0 Å². The molecule has 3 aromatic rings. The molecule has 146 valence electrons. The summed E-state index contributed by atoms with van der Waals surface area (Å²) in [5.74, 6) is 1.65. The third kappa shape index (κ3) is 3.81. The first-order valence-electron chi connectivity index (χ1n) is 9.07. The highest BCUT2D eigenvalue weighted by atomic mass is 32.2. The number of thioether (sulfide) groups is 1. The van der Waals surface area contributed by atoms with Crippen molar-refractivity contribution in [3.8, 4) is 5.69 Å². The van der Waals surface area contributed by atoms with Gasteiger partial charge in [-0.15, -0.1) is 10.2 Å². The summed E-state index contributed by atoms with van der Waals surface area (Å²) in [4.78, 5) is 18.9. The minimum absolute atomic E-state index is 0.112. The van der Waals surface area contributed by atoms with Gasteiger partial charge in [0, 0.05) is 20.0 Å². The number of carbonyl (C=O) groups excluding carboxylic acids is 1. The van der Waals surface area contributed by atoms with E-state index in [0.29, 0.717) is 35.7 Å². The molecule has 1 saturated heterocycles. The number of rotatable bonds is 6. The maximum atomic E-state index is 12.6. The molecule has 0 atom stereocenters. The maximum absolute atomic E-state index is 12.6. The summed E-state index contributed by atoms with van der Waals surface area (Å²) in [6.45, 7) is 6.34. The summed E-state index contributed by atoms with van der Waals surface area (Å²) in [5, 5.41) is 9.42. The van der Waals surface area contributed by atoms with E-state index in [1.807, 2.05) is 34.9 Å². The molecule has 0 amide bonds. The van der Waals surface area contributed by atoms with Crippen LogP contribution in [0.4, 0.5) is 5.95 Å². The average molecular weight is 399 g/mol. The summed E-state index contributed by atoms with van der Waals surface area (Å²) in [7, 11) is 0. The Kier molecular flexibility index (Phi) is 5.45. The van der Waals surface area contributed by atoms with E-state index in [2.05, 4.69) is 20.1 Å². The van der Waals surface area contributed by atoms with Crippen LogP contribution in [0, 0.1) is 13.8 Å². The predicted octanol–water partition coefficient (Wildman–Crippen LogP) is 2.68. The van der Waals surface area contributed by atoms with Gasteiger partial charge in [-0.1, -0.05) is 30.0 Å². The first-order chi connectivity index (χ1) is 13.6. The van der Waals surface area contributed by atoms with Gasteiger partial charge >= 0.3 is 0 Å². The fraction of sp³-hybridized carbons (Fsp3) is 0.368. The van der Waals surface area contributed by atoms with Crippen LogP contribution in [0.3, 0.4) is 0 Å². The fourth-order valence-corrected chi connectivity index (χ4v) is 3.92. The van der Waals surface area contributed by atoms with Gasteiger partial charge in [0.15, 0.2) is 16.8 Å². The average Bonchev–Trinajstić information content (AvgIpc) is 3.30. The Hall–Kier alpha value is -2.65. The summed E-state index contributed by atoms with van der Waals surface area (Å²) < 4.78 is 12.9. The number of aryl methyl sites for hydroxylation is 2. The van der Waals surface area contributed by atoms with Crippen molar-refractivity contribution in [1.29, 1.82) is 0 Å². The number of ketones is 1. The van der Waals surface area contributed by atoms with E-state index in [9.17, 15) is 4.79 Å². The largest absolute Gasteiger partial charge is 0.438 e. The van der Waals surface area contributed by atoms with Crippen LogP contribution in [0.1, 0.15) is 22.1 Å². The van der Waals surface area contributed by atoms with E-state index < -0.39 is 0 Å². The summed E-state index contributed by atoms with van der Waals surface area (Å²) in [5.41, 5.74) is 1.57. The highest BCUT2D eigenvalue weighted by molar-refractivity contribution is 7.99. The van der Waals surface area contributed by atoms with Gasteiger partial charge in [-0.2, -0.15) is 0 Å². The Morgan fingerprint density at radius 2 is 1.89 bits per heavy atom. The molecule has 0 radical (unpaired) electrons. The van der Waals surface area contributed by atoms with Crippen molar-refractivity contribution in [1.82, 2.24) is 19.7 Å². The molecule has 0 aliphatic carbocycles. The second kappa shape index (κ2) is 8.15. The molecule has 2 aromatic heterocycles. The molecule has 0 spiro atoms. The molecule has 0 bridgehead atoms. The molecule has 0 N–H and O–H groups in total. The number of anilines is 1. The van der Waals surface area contributed by atoms with E-state index in [1.165, 1.54) is 11.8 Å². The van der Waals surface area contributed by atoms with Crippen LogP contribution < -0.4 is 4.90 Å². The van der Waals surface area contributed by atoms with Gasteiger partial charge < -0.3 is 14.1 Å². The van der Waals surface area contributed by atoms with Crippen LogP contribution in [0.25, 0.3) is 5.69 Å². The molecule has 3 heterocycles. The number of benzene rings is 1. The number of morpholine rings is 1. The van der Waals surface area contributed by atoms with Crippen LogP contribution in [-0.2, 0) is 4.74 Å². The van der Waals surface area contributed by atoms with Crippen LogP contribution in [0.2, 0.25) is 0 Å². The first-order valence-corrected chi connectivity index (χ1v) is 10.1. The molecule has 9 heteroatoms. The smallest absolute Gasteiger partial charge is 0.232 e. The molecular weight excluding hydrogens is 378 g/mol. The number of nitrogens with zero attached hydrogens (tertiary/aromatic N) is 5. The zero-order valence-electron chi connectivity index (χ0n) is 15.8. The zero-order chi connectivity index (χ0) is 19.5. The van der Waals surface area contributed by atoms with Gasteiger partial charge in [0.1, 0.15) is 0 Å². The summed E-state index contributed by atoms with van der Waals surface area (Å²) in [6.07, 6.45) is 0. The molecule has 1 aliphatic rings. The number of hydrogen-bond acceptors (Lipinski definition) is 8. The second-order valence-electron chi connectivity index (χ2n) is 6.41. The molecule has 1 aliphatic heterocycles. The third-order valence-corrected chi connectivity index (χ3v) is 5.34. The monoisotopic (exact) mass is 399 g/mol. The number of ether oxygens (including phenoxy) is 1. The lowest BCUT2D eigenvalue weighted by atomic mass is 10.3. The topological polar surface area (TPSA) is 86.3 Å². The Morgan fingerprint density at radius 1 is 1.14 bits per heavy atom. The minimum Gasteiger partial charge on any atom is -0.438 e. The van der Waals surface area contributed by atoms with E-state index in [4.69, 9.17) is 9.15 Å². The van der Waals surface area contributed by atoms with Crippen LogP contribution in [-0.4, -0.2) is 57.6 Å². The molecule has 1 aromatic carbocycles. The molecule has 4 rings (SSSR count). The molecule has 28 heavy (non-hydrogen) atoms. The SMILES string of the molecule is Cc1nc(C)c(C(=O)CSc2nnc(N3CCOCC3)n2-c2ccccc2)o1. The van der Waals surface area contributed by atoms with Crippen molar-refractivity contribution in [2.75, 3.05) is 37.0 Å². The number of Topliss-reactive ketones (excluding diaryl/α,β-unsaturated/α-hetero) is 1. The molecule has 8 nitrogen and oxygen atoms in total. The van der Waals surface area contributed by atoms with Crippen molar-refractivity contribution < 1.29 is 13.9 Å². The van der Waals surface area contributed by atoms with Crippen LogP contribution in [0.15, 0.2) is 39.9 Å². The number of carbonyl (C=O) groups is 1. The van der Waals surface area contributed by atoms with Gasteiger partial charge in [0.05, 0.1) is 30.3 Å². The van der Waals surface area contributed by atoms with Crippen molar-refractivity contribution in [3.63, 3.8) is 0 Å². The lowest BCUT2D eigenvalue weighted by molar-refractivity contribution is 0.0990. The summed E-state index contributed by atoms with van der Waals surface area (Å²) >= 11 is 1.34. The number of para-hydroxylation sites is 1. The highest BCUT2D eigenvalue weighted by Gasteiger charge is 2.23. The number of aromatic nitrogens is 4. The Balaban J connectivity index is 1.60. The third-order valence-electron chi connectivity index (χ3n) is 4.41. The maximum Gasteiger partial charge on any atom is 0.232 e. The van der Waals surface area contributed by atoms with Crippen molar-refractivity contribution >= 4 is 23.5 Å². The zero-order valence-corrected chi connectivity index (χ0v) is 16.6. The number of hydrogen-bond donors (Lipinski definition) is 0. The lowest BCUT2D eigenvalue weighted by Crippen LogP contribution is -2.37. The highest BCUT2D eigenvalue weighted by Crippen LogP contribution is 2.28. The Labute approximate surface area is 166 Å². The van der Waals surface area contributed by atoms with Gasteiger partial charge in [0.25, 0.3) is 0 Å². The quantitative estimate of drug-likeness (QED) is 0.462. The van der Waals surface area contributed by atoms with Gasteiger partial charge in [-0.3, -0.25) is 9.36 Å². The van der Waals surface area contributed by atoms with Crippen molar-refractivity contribution in [3.05, 3.63) is 47.7 Å². The van der Waals surface area contributed by atoms with E-state index in [0.717, 1.165) is 24.7 Å². The Bertz CT molecular complexity index is 963. The van der Waals surface area contributed by atoms with E-state index in [-0.39, 0.29) is 11.5 Å². The first kappa shape index (κ1) is 18.7.